The maximum atomic E-state index is 9.00. The van der Waals surface area contributed by atoms with E-state index in [1.165, 1.54) is 27.0 Å². The minimum absolute atomic E-state index is 0.371. The van der Waals surface area contributed by atoms with Crippen LogP contribution in [0.1, 0.15) is 23.7 Å². The normalized spacial score (nSPS) is 14.7. The Kier molecular flexibility index (Phi) is 6.63. The molecule has 0 aromatic heterocycles. The number of carboxylic acids is 1. The van der Waals surface area contributed by atoms with Crippen molar-refractivity contribution >= 4 is 35.2 Å². The molecule has 3 heteroatoms. The molecule has 32 heavy (non-hydrogen) atoms. The minimum atomic E-state index is -2.33. The van der Waals surface area contributed by atoms with E-state index in [-0.39, 0.29) is 0 Å². The van der Waals surface area contributed by atoms with E-state index in [9.17, 15) is 0 Å². The van der Waals surface area contributed by atoms with Crippen LogP contribution in [0.3, 0.4) is 0 Å². The number of fused-ring (bicyclic) bond motifs is 1. The number of aliphatic carboxylic acids is 1. The standard InChI is InChI=1S/C27H23P.C2H4O2/c1-4-13-23(14-5-1)28(24-15-6-2-7-16-24,25-17-8-3-9-18-25)27-21-20-22-12-10-11-19-26(22)27;1-2(3)4/h1-21,27-28H;1H3,(H,3,4). The summed E-state index contributed by atoms with van der Waals surface area (Å²) in [6, 6.07) is 42.4. The number of hydrogen-bond acceptors (Lipinski definition) is 1. The van der Waals surface area contributed by atoms with Crippen molar-refractivity contribution in [2.45, 2.75) is 12.6 Å². The van der Waals surface area contributed by atoms with Crippen LogP contribution in [0.25, 0.3) is 6.08 Å². The quantitative estimate of drug-likeness (QED) is 0.423. The molecule has 0 bridgehead atoms. The van der Waals surface area contributed by atoms with E-state index in [4.69, 9.17) is 9.90 Å². The summed E-state index contributed by atoms with van der Waals surface area (Å²) in [5.74, 6) is -0.833. The van der Waals surface area contributed by atoms with Crippen LogP contribution in [-0.4, -0.2) is 11.1 Å². The summed E-state index contributed by atoms with van der Waals surface area (Å²) in [7, 11) is -2.33. The van der Waals surface area contributed by atoms with Gasteiger partial charge < -0.3 is 5.11 Å². The Labute approximate surface area is 190 Å². The molecule has 0 saturated carbocycles. The third-order valence-electron chi connectivity index (χ3n) is 5.95. The van der Waals surface area contributed by atoms with Crippen LogP contribution in [0.4, 0.5) is 0 Å². The van der Waals surface area contributed by atoms with Gasteiger partial charge in [0.1, 0.15) is 0 Å². The Morgan fingerprint density at radius 1 is 0.656 bits per heavy atom. The van der Waals surface area contributed by atoms with Gasteiger partial charge in [0.25, 0.3) is 5.97 Å². The molecule has 1 aliphatic rings. The van der Waals surface area contributed by atoms with E-state index >= 15 is 0 Å². The van der Waals surface area contributed by atoms with Gasteiger partial charge in [-0.05, 0) is 0 Å². The monoisotopic (exact) mass is 438 g/mol. The van der Waals surface area contributed by atoms with Crippen LogP contribution in [0.5, 0.6) is 0 Å². The molecule has 0 aliphatic heterocycles. The summed E-state index contributed by atoms with van der Waals surface area (Å²) in [5, 5.41) is 11.8. The molecule has 0 fully saturated rings. The van der Waals surface area contributed by atoms with Gasteiger partial charge in [-0.15, -0.1) is 0 Å². The topological polar surface area (TPSA) is 37.3 Å². The second kappa shape index (κ2) is 9.77. The van der Waals surface area contributed by atoms with Crippen molar-refractivity contribution in [3.05, 3.63) is 132 Å². The smallest absolute Gasteiger partial charge is 0.300 e. The number of rotatable bonds is 4. The summed E-state index contributed by atoms with van der Waals surface area (Å²) in [5.41, 5.74) is 3.17. The van der Waals surface area contributed by atoms with Gasteiger partial charge in [0.05, 0.1) is 0 Å². The van der Waals surface area contributed by atoms with Crippen LogP contribution in [0.15, 0.2) is 121 Å². The van der Waals surface area contributed by atoms with Gasteiger partial charge in [-0.2, -0.15) is 0 Å². The van der Waals surface area contributed by atoms with Crippen LogP contribution >= 0.6 is 7.26 Å². The Hall–Kier alpha value is -3.48. The van der Waals surface area contributed by atoms with Gasteiger partial charge in [0.15, 0.2) is 0 Å². The minimum Gasteiger partial charge on any atom is -0.481 e. The van der Waals surface area contributed by atoms with E-state index in [0.29, 0.717) is 5.66 Å². The van der Waals surface area contributed by atoms with Crippen molar-refractivity contribution in [2.24, 2.45) is 0 Å². The second-order valence-electron chi connectivity index (χ2n) is 7.89. The summed E-state index contributed by atoms with van der Waals surface area (Å²) in [4.78, 5) is 9.00. The van der Waals surface area contributed by atoms with Crippen molar-refractivity contribution in [1.29, 1.82) is 0 Å². The van der Waals surface area contributed by atoms with E-state index in [1.54, 1.807) is 0 Å². The van der Waals surface area contributed by atoms with Crippen molar-refractivity contribution < 1.29 is 9.90 Å². The largest absolute Gasteiger partial charge is 0.481 e. The van der Waals surface area contributed by atoms with Gasteiger partial charge in [0.2, 0.25) is 0 Å². The molecule has 2 nitrogen and oxygen atoms in total. The molecule has 0 spiro atoms. The third kappa shape index (κ3) is 4.15. The fourth-order valence-corrected chi connectivity index (χ4v) is 10.1. The van der Waals surface area contributed by atoms with Crippen molar-refractivity contribution in [3.63, 3.8) is 0 Å². The SMILES string of the molecule is C1=CC([PH](c2ccccc2)(c2ccccc2)c2ccccc2)c2ccccc21.CC(=O)O. The number of carboxylic acid groups (broad SMARTS) is 1. The number of allylic oxidation sites excluding steroid dienone is 1. The molecule has 1 N–H and O–H groups in total. The first kappa shape index (κ1) is 21.7. The van der Waals surface area contributed by atoms with Gasteiger partial charge in [0, 0.05) is 6.92 Å². The molecule has 5 rings (SSSR count). The second-order valence-corrected chi connectivity index (χ2v) is 11.9. The Morgan fingerprint density at radius 3 is 1.47 bits per heavy atom. The first-order chi connectivity index (χ1) is 15.6. The average Bonchev–Trinajstić information content (AvgIpc) is 3.26. The molecular weight excluding hydrogens is 411 g/mol. The molecule has 0 amide bonds. The maximum absolute atomic E-state index is 9.00. The van der Waals surface area contributed by atoms with Gasteiger partial charge in [-0.25, -0.2) is 0 Å². The van der Waals surface area contributed by atoms with E-state index < -0.39 is 13.2 Å². The first-order valence-corrected chi connectivity index (χ1v) is 12.8. The molecule has 0 heterocycles. The molecular formula is C29H27O2P. The van der Waals surface area contributed by atoms with Gasteiger partial charge >= 0.3 is 167 Å². The van der Waals surface area contributed by atoms with Crippen molar-refractivity contribution in [2.75, 3.05) is 0 Å². The van der Waals surface area contributed by atoms with Crippen LogP contribution in [0.2, 0.25) is 0 Å². The Morgan fingerprint density at radius 2 is 1.03 bits per heavy atom. The summed E-state index contributed by atoms with van der Waals surface area (Å²) >= 11 is 0. The third-order valence-corrected chi connectivity index (χ3v) is 11.1. The van der Waals surface area contributed by atoms with E-state index in [0.717, 1.165) is 6.92 Å². The summed E-state index contributed by atoms with van der Waals surface area (Å²) in [6.07, 6.45) is 4.76. The van der Waals surface area contributed by atoms with Gasteiger partial charge in [-0.1, -0.05) is 0 Å². The zero-order valence-electron chi connectivity index (χ0n) is 18.1. The molecule has 1 atom stereocenters. The fourth-order valence-electron chi connectivity index (χ4n) is 4.77. The van der Waals surface area contributed by atoms with Crippen molar-refractivity contribution in [3.8, 4) is 0 Å². The molecule has 1 unspecified atom stereocenters. The average molecular weight is 439 g/mol. The van der Waals surface area contributed by atoms with Crippen LogP contribution in [-0.2, 0) is 4.79 Å². The van der Waals surface area contributed by atoms with Gasteiger partial charge in [-0.3, -0.25) is 4.79 Å². The number of hydrogen-bond donors (Lipinski definition) is 1. The van der Waals surface area contributed by atoms with E-state index in [1.807, 2.05) is 0 Å². The molecule has 0 saturated heterocycles. The Balaban J connectivity index is 0.000000567. The van der Waals surface area contributed by atoms with Crippen LogP contribution in [0, 0.1) is 0 Å². The summed E-state index contributed by atoms with van der Waals surface area (Å²) < 4.78 is 0. The predicted octanol–water partition coefficient (Wildman–Crippen LogP) is 5.57. The molecule has 1 aliphatic carbocycles. The maximum Gasteiger partial charge on any atom is 0.300 e. The molecule has 4 aromatic rings. The zero-order valence-corrected chi connectivity index (χ0v) is 19.1. The molecule has 4 aromatic carbocycles. The molecule has 160 valence electrons. The number of carbonyl (C=O) groups is 1. The number of benzene rings is 4. The fraction of sp³-hybridized carbons (Fsp3) is 0.0690. The molecule has 0 radical (unpaired) electrons. The van der Waals surface area contributed by atoms with E-state index in [2.05, 4.69) is 127 Å². The zero-order chi connectivity index (χ0) is 22.4. The summed E-state index contributed by atoms with van der Waals surface area (Å²) in [6.45, 7) is 1.08. The first-order valence-electron chi connectivity index (χ1n) is 10.8. The Bertz CT molecular complexity index is 1100. The van der Waals surface area contributed by atoms with Crippen LogP contribution < -0.4 is 15.9 Å². The van der Waals surface area contributed by atoms with Crippen molar-refractivity contribution in [1.82, 2.24) is 0 Å². The predicted molar refractivity (Wildman–Crippen MR) is 138 cm³/mol.